The van der Waals surface area contributed by atoms with Crippen LogP contribution in [0.3, 0.4) is 0 Å². The molecule has 2 fully saturated rings. The van der Waals surface area contributed by atoms with Crippen LogP contribution in [0.2, 0.25) is 0 Å². The van der Waals surface area contributed by atoms with Gasteiger partial charge in [-0.25, -0.2) is 14.8 Å². The smallest absolute Gasteiger partial charge is 0.411 e. The lowest BCUT2D eigenvalue weighted by molar-refractivity contribution is -0.128. The number of amides is 2. The molecular weight excluding hydrogens is 466 g/mol. The quantitative estimate of drug-likeness (QED) is 0.550. The van der Waals surface area contributed by atoms with E-state index in [0.29, 0.717) is 6.42 Å². The van der Waals surface area contributed by atoms with Crippen molar-refractivity contribution in [2.24, 2.45) is 5.92 Å². The van der Waals surface area contributed by atoms with E-state index < -0.39 is 23.8 Å². The first kappa shape index (κ1) is 24.7. The molecule has 2 aliphatic rings. The number of ether oxygens (including phenoxy) is 1. The van der Waals surface area contributed by atoms with Gasteiger partial charge < -0.3 is 10.1 Å². The molecule has 1 aromatic heterocycles. The van der Waals surface area contributed by atoms with Crippen LogP contribution in [0.25, 0.3) is 22.0 Å². The maximum absolute atomic E-state index is 13.3. The Morgan fingerprint density at radius 3 is 2.65 bits per heavy atom. The van der Waals surface area contributed by atoms with E-state index in [-0.39, 0.29) is 17.9 Å². The molecule has 2 heterocycles. The lowest BCUT2D eigenvalue weighted by atomic mass is 9.97. The van der Waals surface area contributed by atoms with Gasteiger partial charge in [0.15, 0.2) is 0 Å². The van der Waals surface area contributed by atoms with Crippen molar-refractivity contribution in [1.82, 2.24) is 20.2 Å². The van der Waals surface area contributed by atoms with E-state index in [0.717, 1.165) is 46.9 Å². The van der Waals surface area contributed by atoms with E-state index in [4.69, 9.17) is 4.74 Å². The normalized spacial score (nSPS) is 21.5. The van der Waals surface area contributed by atoms with Crippen LogP contribution in [0.15, 0.2) is 55.0 Å². The molecule has 2 aromatic carbocycles. The van der Waals surface area contributed by atoms with Crippen molar-refractivity contribution < 1.29 is 14.3 Å². The fraction of sp³-hybridized carbons (Fsp3) is 0.414. The Balaban J connectivity index is 1.25. The molecule has 8 heteroatoms. The molecule has 4 atom stereocenters. The maximum Gasteiger partial charge on any atom is 0.411 e. The Bertz CT molecular complexity index is 1360. The van der Waals surface area contributed by atoms with Crippen LogP contribution < -0.4 is 5.32 Å². The first-order valence-corrected chi connectivity index (χ1v) is 12.7. The summed E-state index contributed by atoms with van der Waals surface area (Å²) < 4.78 is 5.59. The van der Waals surface area contributed by atoms with Gasteiger partial charge in [-0.05, 0) is 68.7 Å². The van der Waals surface area contributed by atoms with Crippen LogP contribution in [-0.4, -0.2) is 50.6 Å². The van der Waals surface area contributed by atoms with E-state index in [9.17, 15) is 14.9 Å². The molecule has 5 rings (SSSR count). The molecule has 8 nitrogen and oxygen atoms in total. The number of aromatic nitrogens is 2. The Labute approximate surface area is 216 Å². The highest BCUT2D eigenvalue weighted by Gasteiger charge is 2.52. The van der Waals surface area contributed by atoms with Gasteiger partial charge in [-0.1, -0.05) is 36.4 Å². The highest BCUT2D eigenvalue weighted by molar-refractivity contribution is 5.88. The summed E-state index contributed by atoms with van der Waals surface area (Å²) >= 11 is 0. The van der Waals surface area contributed by atoms with Gasteiger partial charge in [-0.3, -0.25) is 9.69 Å². The number of carbonyl (C=O) groups excluding carboxylic acids is 2. The van der Waals surface area contributed by atoms with E-state index in [1.54, 1.807) is 11.1 Å². The van der Waals surface area contributed by atoms with Gasteiger partial charge in [0.25, 0.3) is 0 Å². The predicted octanol–water partition coefficient (Wildman–Crippen LogP) is 4.64. The number of nitrogens with one attached hydrogen (secondary N) is 1. The number of nitriles is 1. The molecule has 190 valence electrons. The summed E-state index contributed by atoms with van der Waals surface area (Å²) in [5.41, 5.74) is 3.26. The van der Waals surface area contributed by atoms with E-state index >= 15 is 0 Å². The topological polar surface area (TPSA) is 108 Å². The molecule has 1 saturated heterocycles. The highest BCUT2D eigenvalue weighted by Crippen LogP contribution is 2.43. The third-order valence-electron chi connectivity index (χ3n) is 7.17. The predicted molar refractivity (Wildman–Crippen MR) is 139 cm³/mol. The molecular formula is C29H31N5O3. The molecule has 0 radical (unpaired) electrons. The number of hydrogen-bond acceptors (Lipinski definition) is 6. The molecule has 2 bridgehead atoms. The van der Waals surface area contributed by atoms with E-state index in [2.05, 4.69) is 21.4 Å². The molecule has 1 saturated carbocycles. The number of piperidine rings is 1. The van der Waals surface area contributed by atoms with E-state index in [1.165, 1.54) is 6.33 Å². The second-order valence-corrected chi connectivity index (χ2v) is 10.9. The van der Waals surface area contributed by atoms with Gasteiger partial charge in [0.05, 0.1) is 11.6 Å². The van der Waals surface area contributed by atoms with Crippen molar-refractivity contribution >= 4 is 22.9 Å². The molecule has 37 heavy (non-hydrogen) atoms. The summed E-state index contributed by atoms with van der Waals surface area (Å²) in [5.74, 6) is -0.178. The largest absolute Gasteiger partial charge is 0.444 e. The average molecular weight is 498 g/mol. The molecule has 3 unspecified atom stereocenters. The van der Waals surface area contributed by atoms with Crippen molar-refractivity contribution in [3.63, 3.8) is 0 Å². The number of fused-ring (bicyclic) bond motifs is 3. The third kappa shape index (κ3) is 5.26. The maximum atomic E-state index is 13.3. The molecule has 3 aromatic rings. The SMILES string of the molecule is CC(C)(C)OC(=O)N1C2CCC(C2)C1C(=O)N[C@H](C#N)Cc1ccc(-c2ccc3cncnc3c2)cc1. The van der Waals surface area contributed by atoms with Crippen LogP contribution in [0.1, 0.15) is 45.6 Å². The van der Waals surface area contributed by atoms with Crippen molar-refractivity contribution in [1.29, 1.82) is 5.26 Å². The van der Waals surface area contributed by atoms with Gasteiger partial charge in [0.2, 0.25) is 5.91 Å². The number of carbonyl (C=O) groups is 2. The Kier molecular flexibility index (Phi) is 6.55. The number of hydrogen-bond donors (Lipinski definition) is 1. The third-order valence-corrected chi connectivity index (χ3v) is 7.17. The van der Waals surface area contributed by atoms with Crippen LogP contribution in [-0.2, 0) is 16.0 Å². The molecule has 1 aliphatic carbocycles. The number of likely N-dealkylation sites (tertiary alicyclic amines) is 1. The van der Waals surface area contributed by atoms with Crippen LogP contribution in [0, 0.1) is 17.2 Å². The lowest BCUT2D eigenvalue weighted by Gasteiger charge is -2.35. The number of benzene rings is 2. The second-order valence-electron chi connectivity index (χ2n) is 10.9. The first-order chi connectivity index (χ1) is 17.7. The number of nitrogens with zero attached hydrogens (tertiary/aromatic N) is 4. The standard InChI is InChI=1S/C29H31N5O3/c1-29(2,3)37-28(36)34-24-11-10-21(13-24)26(34)27(35)33-23(15-30)12-18-4-6-19(7-5-18)20-8-9-22-16-31-17-32-25(22)14-20/h4-9,14,16-17,21,23-24,26H,10-13H2,1-3H3,(H,33,35)/t21?,23-,24?,26?/m0/s1. The summed E-state index contributed by atoms with van der Waals surface area (Å²) in [6.07, 6.45) is 5.83. The molecule has 0 spiro atoms. The molecule has 1 aliphatic heterocycles. The minimum atomic E-state index is -0.699. The molecule has 2 amide bonds. The van der Waals surface area contributed by atoms with Crippen LogP contribution in [0.5, 0.6) is 0 Å². The van der Waals surface area contributed by atoms with Crippen molar-refractivity contribution in [2.75, 3.05) is 0 Å². The van der Waals surface area contributed by atoms with Crippen LogP contribution >= 0.6 is 0 Å². The van der Waals surface area contributed by atoms with Gasteiger partial charge in [0, 0.05) is 24.0 Å². The van der Waals surface area contributed by atoms with Gasteiger partial charge in [0.1, 0.15) is 24.0 Å². The summed E-state index contributed by atoms with van der Waals surface area (Å²) in [7, 11) is 0. The zero-order chi connectivity index (χ0) is 26.2. The van der Waals surface area contributed by atoms with Crippen molar-refractivity contribution in [3.8, 4) is 17.2 Å². The van der Waals surface area contributed by atoms with Gasteiger partial charge in [-0.15, -0.1) is 0 Å². The monoisotopic (exact) mass is 497 g/mol. The zero-order valence-electron chi connectivity index (χ0n) is 21.3. The number of rotatable bonds is 5. The summed E-state index contributed by atoms with van der Waals surface area (Å²) in [6, 6.07) is 15.0. The van der Waals surface area contributed by atoms with Gasteiger partial charge >= 0.3 is 6.09 Å². The minimum absolute atomic E-state index is 0.0187. The van der Waals surface area contributed by atoms with E-state index in [1.807, 2.05) is 63.2 Å². The van der Waals surface area contributed by atoms with Crippen LogP contribution in [0.4, 0.5) is 4.79 Å². The Morgan fingerprint density at radius 1 is 1.16 bits per heavy atom. The first-order valence-electron chi connectivity index (χ1n) is 12.7. The fourth-order valence-corrected chi connectivity index (χ4v) is 5.51. The van der Waals surface area contributed by atoms with Gasteiger partial charge in [-0.2, -0.15) is 5.26 Å². The minimum Gasteiger partial charge on any atom is -0.444 e. The average Bonchev–Trinajstić information content (AvgIpc) is 3.49. The Morgan fingerprint density at radius 2 is 1.92 bits per heavy atom. The highest BCUT2D eigenvalue weighted by atomic mass is 16.6. The lowest BCUT2D eigenvalue weighted by Crippen LogP contribution is -2.55. The Hall–Kier alpha value is -3.99. The zero-order valence-corrected chi connectivity index (χ0v) is 21.3. The van der Waals surface area contributed by atoms with Crippen molar-refractivity contribution in [2.45, 2.75) is 70.2 Å². The summed E-state index contributed by atoms with van der Waals surface area (Å²) in [6.45, 7) is 5.46. The fourth-order valence-electron chi connectivity index (χ4n) is 5.51. The van der Waals surface area contributed by atoms with Crippen molar-refractivity contribution in [3.05, 3.63) is 60.6 Å². The second kappa shape index (κ2) is 9.81. The summed E-state index contributed by atoms with van der Waals surface area (Å²) in [4.78, 5) is 36.2. The molecule has 1 N–H and O–H groups in total. The summed E-state index contributed by atoms with van der Waals surface area (Å²) in [5, 5.41) is 13.7.